The molecule has 27 heavy (non-hydrogen) atoms. The van der Waals surface area contributed by atoms with Crippen molar-refractivity contribution in [1.82, 2.24) is 9.97 Å². The summed E-state index contributed by atoms with van der Waals surface area (Å²) in [4.78, 5) is 19.7. The lowest BCUT2D eigenvalue weighted by Gasteiger charge is -2.11. The standard InChI is InChI=1S/C17H12BrF3N2O4/c1-25-10-5-3-9(8-4-6-12(17(19,20)21)22-13(8)10)15-23-14(16(24)26-2)11(7-18)27-15/h3-6H,7H2,1-2H3. The summed E-state index contributed by atoms with van der Waals surface area (Å²) in [7, 11) is 2.54. The second-order valence-corrected chi connectivity index (χ2v) is 5.88. The van der Waals surface area contributed by atoms with Crippen LogP contribution in [0.3, 0.4) is 0 Å². The summed E-state index contributed by atoms with van der Waals surface area (Å²) < 4.78 is 54.4. The summed E-state index contributed by atoms with van der Waals surface area (Å²) in [6.07, 6.45) is -4.60. The van der Waals surface area contributed by atoms with Crippen molar-refractivity contribution in [2.24, 2.45) is 0 Å². The van der Waals surface area contributed by atoms with Crippen molar-refractivity contribution >= 4 is 32.8 Å². The first kappa shape index (κ1) is 19.2. The monoisotopic (exact) mass is 444 g/mol. The molecule has 0 aliphatic heterocycles. The molecule has 1 aromatic carbocycles. The maximum absolute atomic E-state index is 13.0. The number of pyridine rings is 1. The van der Waals surface area contributed by atoms with Gasteiger partial charge in [-0.3, -0.25) is 0 Å². The van der Waals surface area contributed by atoms with E-state index < -0.39 is 17.8 Å². The number of ether oxygens (including phenoxy) is 2. The maximum atomic E-state index is 13.0. The second kappa shape index (κ2) is 7.18. The molecule has 0 aliphatic carbocycles. The van der Waals surface area contributed by atoms with E-state index >= 15 is 0 Å². The van der Waals surface area contributed by atoms with Crippen LogP contribution in [0.15, 0.2) is 28.7 Å². The van der Waals surface area contributed by atoms with Crippen LogP contribution >= 0.6 is 15.9 Å². The van der Waals surface area contributed by atoms with Gasteiger partial charge in [0.15, 0.2) is 5.69 Å². The number of nitrogens with zero attached hydrogens (tertiary/aromatic N) is 2. The van der Waals surface area contributed by atoms with E-state index in [1.54, 1.807) is 6.07 Å². The van der Waals surface area contributed by atoms with E-state index in [4.69, 9.17) is 9.15 Å². The van der Waals surface area contributed by atoms with Crippen molar-refractivity contribution in [3.63, 3.8) is 0 Å². The minimum atomic E-state index is -4.60. The topological polar surface area (TPSA) is 74.5 Å². The minimum absolute atomic E-state index is 0.00281. The van der Waals surface area contributed by atoms with Gasteiger partial charge < -0.3 is 13.9 Å². The fourth-order valence-electron chi connectivity index (χ4n) is 2.51. The largest absolute Gasteiger partial charge is 0.494 e. The Labute approximate surface area is 159 Å². The van der Waals surface area contributed by atoms with Crippen molar-refractivity contribution in [2.45, 2.75) is 11.5 Å². The number of oxazole rings is 1. The van der Waals surface area contributed by atoms with Crippen molar-refractivity contribution in [2.75, 3.05) is 14.2 Å². The Morgan fingerprint density at radius 2 is 1.93 bits per heavy atom. The molecule has 0 N–H and O–H groups in total. The van der Waals surface area contributed by atoms with Gasteiger partial charge in [0.2, 0.25) is 5.89 Å². The molecule has 0 amide bonds. The predicted octanol–water partition coefficient (Wildman–Crippen LogP) is 4.60. The van der Waals surface area contributed by atoms with Crippen LogP contribution in [0.4, 0.5) is 13.2 Å². The zero-order valence-corrected chi connectivity index (χ0v) is 15.6. The SMILES string of the molecule is COC(=O)c1nc(-c2ccc(OC)c3nc(C(F)(F)F)ccc23)oc1CBr. The van der Waals surface area contributed by atoms with Gasteiger partial charge in [0, 0.05) is 10.9 Å². The molecule has 0 bridgehead atoms. The summed E-state index contributed by atoms with van der Waals surface area (Å²) in [6, 6.07) is 5.15. The molecule has 6 nitrogen and oxygen atoms in total. The normalized spacial score (nSPS) is 11.6. The van der Waals surface area contributed by atoms with E-state index in [9.17, 15) is 18.0 Å². The molecule has 0 unspecified atom stereocenters. The highest BCUT2D eigenvalue weighted by Gasteiger charge is 2.33. The van der Waals surface area contributed by atoms with Crippen LogP contribution in [0.1, 0.15) is 21.9 Å². The second-order valence-electron chi connectivity index (χ2n) is 5.32. The van der Waals surface area contributed by atoms with Crippen molar-refractivity contribution in [3.05, 3.63) is 41.4 Å². The number of halogens is 4. The zero-order chi connectivity index (χ0) is 19.8. The molecule has 2 heterocycles. The quantitative estimate of drug-likeness (QED) is 0.432. The fraction of sp³-hybridized carbons (Fsp3) is 0.235. The Hall–Kier alpha value is -2.62. The molecule has 0 saturated heterocycles. The van der Waals surface area contributed by atoms with E-state index in [0.29, 0.717) is 10.9 Å². The molecule has 3 aromatic rings. The smallest absolute Gasteiger partial charge is 0.433 e. The molecule has 3 rings (SSSR count). The lowest BCUT2D eigenvalue weighted by atomic mass is 10.1. The fourth-order valence-corrected chi connectivity index (χ4v) is 2.89. The highest BCUT2D eigenvalue weighted by atomic mass is 79.9. The Morgan fingerprint density at radius 1 is 1.19 bits per heavy atom. The van der Waals surface area contributed by atoms with Crippen LogP contribution in [-0.4, -0.2) is 30.2 Å². The summed E-state index contributed by atoms with van der Waals surface area (Å²) in [6.45, 7) is 0. The Balaban J connectivity index is 2.24. The molecule has 0 radical (unpaired) electrons. The van der Waals surface area contributed by atoms with Gasteiger partial charge in [-0.1, -0.05) is 15.9 Å². The number of carbonyl (C=O) groups excluding carboxylic acids is 1. The van der Waals surface area contributed by atoms with E-state index in [1.807, 2.05) is 0 Å². The molecule has 0 fully saturated rings. The van der Waals surface area contributed by atoms with Gasteiger partial charge in [-0.05, 0) is 24.3 Å². The summed E-state index contributed by atoms with van der Waals surface area (Å²) in [5.74, 6) is -0.227. The lowest BCUT2D eigenvalue weighted by molar-refractivity contribution is -0.140. The number of fused-ring (bicyclic) bond motifs is 1. The van der Waals surface area contributed by atoms with Crippen molar-refractivity contribution < 1.29 is 31.9 Å². The summed E-state index contributed by atoms with van der Waals surface area (Å²) in [5.41, 5.74) is -0.699. The highest BCUT2D eigenvalue weighted by molar-refractivity contribution is 9.08. The van der Waals surface area contributed by atoms with Gasteiger partial charge >= 0.3 is 12.1 Å². The number of carbonyl (C=O) groups is 1. The first-order valence-electron chi connectivity index (χ1n) is 7.49. The Kier molecular flexibility index (Phi) is 5.09. The van der Waals surface area contributed by atoms with Crippen LogP contribution < -0.4 is 4.74 Å². The first-order chi connectivity index (χ1) is 12.8. The lowest BCUT2D eigenvalue weighted by Crippen LogP contribution is -2.08. The number of benzene rings is 1. The molecular weight excluding hydrogens is 433 g/mol. The third-order valence-corrected chi connectivity index (χ3v) is 4.27. The first-order valence-corrected chi connectivity index (χ1v) is 8.61. The Bertz CT molecular complexity index is 1020. The van der Waals surface area contributed by atoms with Gasteiger partial charge in [-0.2, -0.15) is 13.2 Å². The van der Waals surface area contributed by atoms with E-state index in [2.05, 4.69) is 30.6 Å². The third kappa shape index (κ3) is 3.48. The number of methoxy groups -OCH3 is 2. The molecule has 0 saturated carbocycles. The molecule has 142 valence electrons. The van der Waals surface area contributed by atoms with E-state index in [1.165, 1.54) is 26.4 Å². The average molecular weight is 445 g/mol. The number of hydrogen-bond donors (Lipinski definition) is 0. The molecule has 10 heteroatoms. The zero-order valence-electron chi connectivity index (χ0n) is 14.1. The van der Waals surface area contributed by atoms with Gasteiger partial charge in [0.25, 0.3) is 0 Å². The number of alkyl halides is 4. The van der Waals surface area contributed by atoms with Gasteiger partial charge in [-0.15, -0.1) is 0 Å². The maximum Gasteiger partial charge on any atom is 0.433 e. The van der Waals surface area contributed by atoms with Crippen molar-refractivity contribution in [1.29, 1.82) is 0 Å². The molecule has 0 spiro atoms. The van der Waals surface area contributed by atoms with E-state index in [0.717, 1.165) is 6.07 Å². The van der Waals surface area contributed by atoms with Gasteiger partial charge in [0.1, 0.15) is 22.7 Å². The number of rotatable bonds is 4. The summed E-state index contributed by atoms with van der Waals surface area (Å²) in [5, 5.41) is 0.538. The highest BCUT2D eigenvalue weighted by Crippen LogP contribution is 2.37. The molecule has 2 aromatic heterocycles. The van der Waals surface area contributed by atoms with Crippen LogP contribution in [0, 0.1) is 0 Å². The number of hydrogen-bond acceptors (Lipinski definition) is 6. The van der Waals surface area contributed by atoms with Crippen LogP contribution in [-0.2, 0) is 16.2 Å². The van der Waals surface area contributed by atoms with Gasteiger partial charge in [0.05, 0.1) is 19.5 Å². The van der Waals surface area contributed by atoms with Crippen molar-refractivity contribution in [3.8, 4) is 17.2 Å². The van der Waals surface area contributed by atoms with Crippen LogP contribution in [0.2, 0.25) is 0 Å². The number of esters is 1. The third-order valence-electron chi connectivity index (χ3n) is 3.76. The van der Waals surface area contributed by atoms with Crippen LogP contribution in [0.5, 0.6) is 5.75 Å². The average Bonchev–Trinajstić information content (AvgIpc) is 3.09. The molecule has 0 aliphatic rings. The minimum Gasteiger partial charge on any atom is -0.494 e. The predicted molar refractivity (Wildman–Crippen MR) is 92.8 cm³/mol. The number of aromatic nitrogens is 2. The molecule has 0 atom stereocenters. The summed E-state index contributed by atoms with van der Waals surface area (Å²) >= 11 is 3.20. The molecular formula is C17H12BrF3N2O4. The van der Waals surface area contributed by atoms with E-state index in [-0.39, 0.29) is 33.9 Å². The Morgan fingerprint density at radius 3 is 2.52 bits per heavy atom. The van der Waals surface area contributed by atoms with Crippen LogP contribution in [0.25, 0.3) is 22.4 Å². The van der Waals surface area contributed by atoms with Gasteiger partial charge in [-0.25, -0.2) is 14.8 Å².